The third kappa shape index (κ3) is 3.64. The maximum atomic E-state index is 13.3. The number of nitrogens with one attached hydrogen (secondary N) is 2. The van der Waals surface area contributed by atoms with Gasteiger partial charge in [-0.25, -0.2) is 0 Å². The highest BCUT2D eigenvalue weighted by atomic mass is 16.1. The molecule has 29 heavy (non-hydrogen) atoms. The van der Waals surface area contributed by atoms with Crippen molar-refractivity contribution in [2.75, 3.05) is 29.6 Å². The van der Waals surface area contributed by atoms with Gasteiger partial charge in [-0.2, -0.15) is 0 Å². The summed E-state index contributed by atoms with van der Waals surface area (Å²) in [5.74, 6) is 0.235. The standard InChI is InChI=1S/C25H31N3O/c1-15-11-19-20(12-16(15)2)27-24(17-7-9-18(10-8-17)28(5)6)23-21(26-19)13-25(3,4)14-22(23)29/h7-12,24,26-27H,13-14H2,1-6H3. The number of rotatable bonds is 2. The number of allylic oxidation sites excluding steroid dienone is 1. The highest BCUT2D eigenvalue weighted by Crippen LogP contribution is 2.46. The van der Waals surface area contributed by atoms with Crippen LogP contribution < -0.4 is 15.5 Å². The fourth-order valence-electron chi connectivity index (χ4n) is 4.43. The second-order valence-electron chi connectivity index (χ2n) is 9.50. The van der Waals surface area contributed by atoms with Gasteiger partial charge < -0.3 is 15.5 Å². The van der Waals surface area contributed by atoms with E-state index in [0.717, 1.165) is 40.3 Å². The van der Waals surface area contributed by atoms with Crippen LogP contribution in [0.5, 0.6) is 0 Å². The normalized spacial score (nSPS) is 20.2. The SMILES string of the molecule is Cc1cc2c(cc1C)NC(c1ccc(N(C)C)cc1)C1=C(CC(C)(C)CC1=O)N2. The number of hydrogen-bond donors (Lipinski definition) is 2. The number of Topliss-reactive ketones (excluding diaryl/α,β-unsaturated/α-hetero) is 1. The lowest BCUT2D eigenvalue weighted by Crippen LogP contribution is -2.31. The summed E-state index contributed by atoms with van der Waals surface area (Å²) in [6, 6.07) is 12.7. The molecule has 4 heteroatoms. The number of carbonyl (C=O) groups excluding carboxylic acids is 1. The zero-order chi connectivity index (χ0) is 20.9. The molecule has 0 aromatic heterocycles. The number of benzene rings is 2. The van der Waals surface area contributed by atoms with Crippen molar-refractivity contribution in [1.82, 2.24) is 0 Å². The predicted octanol–water partition coefficient (Wildman–Crippen LogP) is 5.59. The number of ketones is 1. The van der Waals surface area contributed by atoms with Gasteiger partial charge in [0.05, 0.1) is 17.4 Å². The zero-order valence-corrected chi connectivity index (χ0v) is 18.3. The Balaban J connectivity index is 1.86. The van der Waals surface area contributed by atoms with Crippen LogP contribution in [0.15, 0.2) is 47.7 Å². The second-order valence-corrected chi connectivity index (χ2v) is 9.50. The van der Waals surface area contributed by atoms with Crippen LogP contribution in [0.4, 0.5) is 17.1 Å². The molecule has 4 nitrogen and oxygen atoms in total. The first-order valence-corrected chi connectivity index (χ1v) is 10.3. The molecule has 2 aliphatic rings. The van der Waals surface area contributed by atoms with E-state index in [4.69, 9.17) is 0 Å². The Morgan fingerprint density at radius 1 is 0.966 bits per heavy atom. The smallest absolute Gasteiger partial charge is 0.163 e. The minimum atomic E-state index is -0.152. The predicted molar refractivity (Wildman–Crippen MR) is 122 cm³/mol. The topological polar surface area (TPSA) is 44.4 Å². The molecule has 1 atom stereocenters. The minimum Gasteiger partial charge on any atom is -0.378 e. The molecule has 0 saturated heterocycles. The molecule has 2 N–H and O–H groups in total. The van der Waals surface area contributed by atoms with Crippen LogP contribution in [0.1, 0.15) is 49.4 Å². The van der Waals surface area contributed by atoms with Crippen LogP contribution in [0.2, 0.25) is 0 Å². The number of hydrogen-bond acceptors (Lipinski definition) is 4. The Morgan fingerprint density at radius 3 is 2.21 bits per heavy atom. The molecule has 2 aromatic rings. The second kappa shape index (κ2) is 6.94. The van der Waals surface area contributed by atoms with Gasteiger partial charge in [0.1, 0.15) is 0 Å². The van der Waals surface area contributed by atoms with Crippen LogP contribution in [0.25, 0.3) is 0 Å². The molecule has 4 rings (SSSR count). The lowest BCUT2D eigenvalue weighted by atomic mass is 9.73. The van der Waals surface area contributed by atoms with Crippen LogP contribution in [0, 0.1) is 19.3 Å². The summed E-state index contributed by atoms with van der Waals surface area (Å²) in [5.41, 5.74) is 8.76. The van der Waals surface area contributed by atoms with E-state index in [1.807, 2.05) is 14.1 Å². The molecule has 0 spiro atoms. The Hall–Kier alpha value is -2.75. The molecule has 152 valence electrons. The van der Waals surface area contributed by atoms with E-state index < -0.39 is 0 Å². The van der Waals surface area contributed by atoms with Crippen molar-refractivity contribution in [2.45, 2.75) is 46.6 Å². The van der Waals surface area contributed by atoms with Crippen molar-refractivity contribution >= 4 is 22.8 Å². The highest BCUT2D eigenvalue weighted by Gasteiger charge is 2.38. The average Bonchev–Trinajstić information content (AvgIpc) is 2.78. The maximum Gasteiger partial charge on any atom is 0.163 e. The molecule has 1 unspecified atom stereocenters. The van der Waals surface area contributed by atoms with Crippen LogP contribution >= 0.6 is 0 Å². The van der Waals surface area contributed by atoms with Crippen molar-refractivity contribution in [2.24, 2.45) is 5.41 Å². The van der Waals surface area contributed by atoms with Crippen LogP contribution in [0.3, 0.4) is 0 Å². The average molecular weight is 390 g/mol. The molecule has 0 radical (unpaired) electrons. The van der Waals surface area contributed by atoms with Gasteiger partial charge in [-0.3, -0.25) is 4.79 Å². The Kier molecular flexibility index (Phi) is 4.68. The van der Waals surface area contributed by atoms with E-state index in [0.29, 0.717) is 6.42 Å². The van der Waals surface area contributed by atoms with Crippen molar-refractivity contribution in [3.8, 4) is 0 Å². The fourth-order valence-corrected chi connectivity index (χ4v) is 4.43. The molecule has 0 saturated carbocycles. The zero-order valence-electron chi connectivity index (χ0n) is 18.3. The summed E-state index contributed by atoms with van der Waals surface area (Å²) in [6.07, 6.45) is 1.45. The van der Waals surface area contributed by atoms with E-state index >= 15 is 0 Å². The quantitative estimate of drug-likeness (QED) is 0.703. The summed E-state index contributed by atoms with van der Waals surface area (Å²) >= 11 is 0. The van der Waals surface area contributed by atoms with Gasteiger partial charge >= 0.3 is 0 Å². The molecule has 1 heterocycles. The summed E-state index contributed by atoms with van der Waals surface area (Å²) in [7, 11) is 4.08. The molecular weight excluding hydrogens is 358 g/mol. The van der Waals surface area contributed by atoms with Gasteiger partial charge in [0, 0.05) is 37.5 Å². The van der Waals surface area contributed by atoms with E-state index in [-0.39, 0.29) is 17.2 Å². The summed E-state index contributed by atoms with van der Waals surface area (Å²) in [4.78, 5) is 15.4. The first-order chi connectivity index (χ1) is 13.6. The van der Waals surface area contributed by atoms with Gasteiger partial charge in [-0.1, -0.05) is 26.0 Å². The Labute approximate surface area is 174 Å². The van der Waals surface area contributed by atoms with Gasteiger partial charge in [0.2, 0.25) is 0 Å². The number of nitrogens with zero attached hydrogens (tertiary/aromatic N) is 1. The van der Waals surface area contributed by atoms with E-state index in [1.165, 1.54) is 11.1 Å². The minimum absolute atomic E-state index is 0.0352. The lowest BCUT2D eigenvalue weighted by molar-refractivity contribution is -0.118. The molecule has 0 amide bonds. The molecule has 1 aliphatic carbocycles. The fraction of sp³-hybridized carbons (Fsp3) is 0.400. The van der Waals surface area contributed by atoms with Crippen molar-refractivity contribution in [3.63, 3.8) is 0 Å². The number of fused-ring (bicyclic) bond motifs is 1. The molecule has 2 aromatic carbocycles. The van der Waals surface area contributed by atoms with Gasteiger partial charge in [-0.05, 0) is 66.6 Å². The molecular formula is C25H31N3O. The first kappa shape index (κ1) is 19.6. The lowest BCUT2D eigenvalue weighted by Gasteiger charge is -2.34. The van der Waals surface area contributed by atoms with Gasteiger partial charge in [0.25, 0.3) is 0 Å². The maximum absolute atomic E-state index is 13.3. The van der Waals surface area contributed by atoms with Crippen molar-refractivity contribution < 1.29 is 4.79 Å². The summed E-state index contributed by atoms with van der Waals surface area (Å²) in [6.45, 7) is 8.61. The van der Waals surface area contributed by atoms with E-state index in [9.17, 15) is 4.79 Å². The molecule has 0 fully saturated rings. The van der Waals surface area contributed by atoms with Gasteiger partial charge in [-0.15, -0.1) is 0 Å². The van der Waals surface area contributed by atoms with E-state index in [2.05, 4.69) is 79.6 Å². The third-order valence-electron chi connectivity index (χ3n) is 6.17. The van der Waals surface area contributed by atoms with Crippen molar-refractivity contribution in [3.05, 3.63) is 64.4 Å². The van der Waals surface area contributed by atoms with Crippen LogP contribution in [-0.4, -0.2) is 19.9 Å². The number of carbonyl (C=O) groups is 1. The van der Waals surface area contributed by atoms with Crippen molar-refractivity contribution in [1.29, 1.82) is 0 Å². The monoisotopic (exact) mass is 389 g/mol. The Bertz CT molecular complexity index is 999. The number of anilines is 3. The summed E-state index contributed by atoms with van der Waals surface area (Å²) < 4.78 is 0. The molecule has 0 bridgehead atoms. The summed E-state index contributed by atoms with van der Waals surface area (Å²) in [5, 5.41) is 7.33. The van der Waals surface area contributed by atoms with Gasteiger partial charge in [0.15, 0.2) is 5.78 Å². The highest BCUT2D eigenvalue weighted by molar-refractivity contribution is 6.01. The largest absolute Gasteiger partial charge is 0.378 e. The third-order valence-corrected chi connectivity index (χ3v) is 6.17. The number of aryl methyl sites for hydroxylation is 2. The van der Waals surface area contributed by atoms with E-state index in [1.54, 1.807) is 0 Å². The molecule has 1 aliphatic heterocycles. The van der Waals surface area contributed by atoms with Crippen LogP contribution in [-0.2, 0) is 4.79 Å². The Morgan fingerprint density at radius 2 is 1.59 bits per heavy atom. The first-order valence-electron chi connectivity index (χ1n) is 10.3.